The minimum absolute atomic E-state index is 0.0953. The molecule has 0 aromatic heterocycles. The molecule has 0 saturated carbocycles. The number of non-ortho nitro benzene ring substituents is 1. The SMILES string of the molecule is CNC(C)(COc1cc([N+](=O)[O-])ccc1C)C(=O)O. The fraction of sp³-hybridized carbons (Fsp3) is 0.417. The van der Waals surface area contributed by atoms with Gasteiger partial charge in [-0.15, -0.1) is 0 Å². The first kappa shape index (κ1) is 14.9. The molecular weight excluding hydrogens is 252 g/mol. The van der Waals surface area contributed by atoms with E-state index in [0.717, 1.165) is 0 Å². The van der Waals surface area contributed by atoms with E-state index in [9.17, 15) is 14.9 Å². The van der Waals surface area contributed by atoms with E-state index >= 15 is 0 Å². The third kappa shape index (κ3) is 3.41. The maximum atomic E-state index is 11.1. The molecule has 7 nitrogen and oxygen atoms in total. The highest BCUT2D eigenvalue weighted by Crippen LogP contribution is 2.24. The second kappa shape index (κ2) is 5.66. The van der Waals surface area contributed by atoms with Crippen molar-refractivity contribution in [3.63, 3.8) is 0 Å². The monoisotopic (exact) mass is 268 g/mol. The van der Waals surface area contributed by atoms with E-state index in [1.807, 2.05) is 0 Å². The number of nitro groups is 1. The first-order chi connectivity index (χ1) is 8.80. The Bertz CT molecular complexity index is 503. The fourth-order valence-electron chi connectivity index (χ4n) is 1.32. The summed E-state index contributed by atoms with van der Waals surface area (Å²) in [5.74, 6) is -0.755. The van der Waals surface area contributed by atoms with E-state index in [-0.39, 0.29) is 12.3 Å². The first-order valence-corrected chi connectivity index (χ1v) is 5.60. The van der Waals surface area contributed by atoms with Crippen molar-refractivity contribution in [3.05, 3.63) is 33.9 Å². The topological polar surface area (TPSA) is 102 Å². The van der Waals surface area contributed by atoms with Gasteiger partial charge >= 0.3 is 5.97 Å². The maximum Gasteiger partial charge on any atom is 0.327 e. The molecule has 1 rings (SSSR count). The number of carboxylic acid groups (broad SMARTS) is 1. The van der Waals surface area contributed by atoms with Crippen LogP contribution in [0.15, 0.2) is 18.2 Å². The largest absolute Gasteiger partial charge is 0.491 e. The number of aryl methyl sites for hydroxylation is 1. The number of hydrogen-bond donors (Lipinski definition) is 2. The highest BCUT2D eigenvalue weighted by molar-refractivity contribution is 5.78. The van der Waals surface area contributed by atoms with Crippen LogP contribution in [0.3, 0.4) is 0 Å². The molecule has 104 valence electrons. The minimum atomic E-state index is -1.25. The molecule has 0 aliphatic carbocycles. The third-order valence-electron chi connectivity index (χ3n) is 2.92. The number of likely N-dealkylation sites (N-methyl/N-ethyl adjacent to an activating group) is 1. The van der Waals surface area contributed by atoms with Crippen LogP contribution in [0.1, 0.15) is 12.5 Å². The molecule has 0 aliphatic rings. The average molecular weight is 268 g/mol. The number of ether oxygens (including phenoxy) is 1. The Hall–Kier alpha value is -2.15. The van der Waals surface area contributed by atoms with E-state index in [0.29, 0.717) is 11.3 Å². The number of nitrogens with zero attached hydrogens (tertiary/aromatic N) is 1. The highest BCUT2D eigenvalue weighted by Gasteiger charge is 2.32. The number of aliphatic carboxylic acids is 1. The van der Waals surface area contributed by atoms with Crippen LogP contribution >= 0.6 is 0 Å². The molecule has 1 atom stereocenters. The Morgan fingerprint density at radius 1 is 1.58 bits per heavy atom. The smallest absolute Gasteiger partial charge is 0.327 e. The summed E-state index contributed by atoms with van der Waals surface area (Å²) in [5, 5.41) is 22.4. The quantitative estimate of drug-likeness (QED) is 0.596. The summed E-state index contributed by atoms with van der Waals surface area (Å²) >= 11 is 0. The van der Waals surface area contributed by atoms with Crippen LogP contribution in [0.25, 0.3) is 0 Å². The molecule has 0 heterocycles. The number of carboxylic acids is 1. The van der Waals surface area contributed by atoms with E-state index in [1.165, 1.54) is 26.1 Å². The Morgan fingerprint density at radius 2 is 2.21 bits per heavy atom. The molecule has 7 heteroatoms. The van der Waals surface area contributed by atoms with Crippen LogP contribution in [0, 0.1) is 17.0 Å². The molecule has 0 saturated heterocycles. The van der Waals surface area contributed by atoms with Crippen molar-refractivity contribution < 1.29 is 19.6 Å². The van der Waals surface area contributed by atoms with Gasteiger partial charge in [-0.1, -0.05) is 0 Å². The second-order valence-electron chi connectivity index (χ2n) is 4.38. The normalized spacial score (nSPS) is 13.6. The van der Waals surface area contributed by atoms with Gasteiger partial charge in [0.05, 0.1) is 11.0 Å². The van der Waals surface area contributed by atoms with Gasteiger partial charge in [0, 0.05) is 6.07 Å². The van der Waals surface area contributed by atoms with Gasteiger partial charge < -0.3 is 15.2 Å². The number of carbonyl (C=O) groups is 1. The van der Waals surface area contributed by atoms with Gasteiger partial charge in [0.15, 0.2) is 0 Å². The number of nitrogens with one attached hydrogen (secondary N) is 1. The van der Waals surface area contributed by atoms with E-state index in [4.69, 9.17) is 9.84 Å². The molecule has 0 spiro atoms. The Morgan fingerprint density at radius 3 is 2.68 bits per heavy atom. The van der Waals surface area contributed by atoms with Crippen LogP contribution in [0.2, 0.25) is 0 Å². The van der Waals surface area contributed by atoms with Crippen molar-refractivity contribution in [3.8, 4) is 5.75 Å². The van der Waals surface area contributed by atoms with Crippen molar-refractivity contribution >= 4 is 11.7 Å². The average Bonchev–Trinajstić information content (AvgIpc) is 2.36. The summed E-state index contributed by atoms with van der Waals surface area (Å²) < 4.78 is 5.40. The van der Waals surface area contributed by atoms with Crippen LogP contribution in [0.4, 0.5) is 5.69 Å². The van der Waals surface area contributed by atoms with Crippen molar-refractivity contribution in [2.45, 2.75) is 19.4 Å². The van der Waals surface area contributed by atoms with Gasteiger partial charge in [0.1, 0.15) is 17.9 Å². The standard InChI is InChI=1S/C12H16N2O5/c1-8-4-5-9(14(17)18)6-10(8)19-7-12(2,13-3)11(15)16/h4-6,13H,7H2,1-3H3,(H,15,16). The summed E-state index contributed by atoms with van der Waals surface area (Å²) in [6.45, 7) is 3.07. The molecular formula is C12H16N2O5. The molecule has 0 aliphatic heterocycles. The van der Waals surface area contributed by atoms with Gasteiger partial charge in [0.2, 0.25) is 0 Å². The molecule has 0 bridgehead atoms. The Labute approximate surface area is 110 Å². The molecule has 2 N–H and O–H groups in total. The van der Waals surface area contributed by atoms with Gasteiger partial charge in [-0.25, -0.2) is 0 Å². The Kier molecular flexibility index (Phi) is 4.44. The summed E-state index contributed by atoms with van der Waals surface area (Å²) in [5.41, 5.74) is -0.645. The predicted octanol–water partition coefficient (Wildman–Crippen LogP) is 1.34. The third-order valence-corrected chi connectivity index (χ3v) is 2.92. The van der Waals surface area contributed by atoms with E-state index in [1.54, 1.807) is 13.0 Å². The summed E-state index contributed by atoms with van der Waals surface area (Å²) in [7, 11) is 1.51. The molecule has 19 heavy (non-hydrogen) atoms. The lowest BCUT2D eigenvalue weighted by molar-refractivity contribution is -0.385. The fourth-order valence-corrected chi connectivity index (χ4v) is 1.32. The van der Waals surface area contributed by atoms with Crippen molar-refractivity contribution in [2.75, 3.05) is 13.7 Å². The molecule has 0 radical (unpaired) electrons. The zero-order chi connectivity index (χ0) is 14.6. The zero-order valence-corrected chi connectivity index (χ0v) is 11.0. The number of hydrogen-bond acceptors (Lipinski definition) is 5. The number of rotatable bonds is 6. The van der Waals surface area contributed by atoms with Gasteiger partial charge in [-0.3, -0.25) is 14.9 Å². The number of benzene rings is 1. The molecule has 0 amide bonds. The molecule has 0 fully saturated rings. The second-order valence-corrected chi connectivity index (χ2v) is 4.38. The maximum absolute atomic E-state index is 11.1. The lowest BCUT2D eigenvalue weighted by Gasteiger charge is -2.24. The lowest BCUT2D eigenvalue weighted by Crippen LogP contribution is -2.52. The number of nitro benzene ring substituents is 1. The highest BCUT2D eigenvalue weighted by atomic mass is 16.6. The van der Waals surface area contributed by atoms with Crippen molar-refractivity contribution in [1.29, 1.82) is 0 Å². The van der Waals surface area contributed by atoms with Crippen molar-refractivity contribution in [2.24, 2.45) is 0 Å². The van der Waals surface area contributed by atoms with Crippen LogP contribution in [-0.2, 0) is 4.79 Å². The van der Waals surface area contributed by atoms with Crippen LogP contribution < -0.4 is 10.1 Å². The minimum Gasteiger partial charge on any atom is -0.491 e. The van der Waals surface area contributed by atoms with E-state index < -0.39 is 16.4 Å². The lowest BCUT2D eigenvalue weighted by atomic mass is 10.1. The summed E-state index contributed by atoms with van der Waals surface area (Å²) in [6.07, 6.45) is 0. The van der Waals surface area contributed by atoms with Gasteiger partial charge in [-0.05, 0) is 32.5 Å². The van der Waals surface area contributed by atoms with Crippen LogP contribution in [-0.4, -0.2) is 35.2 Å². The Balaban J connectivity index is 2.91. The summed E-state index contributed by atoms with van der Waals surface area (Å²) in [6, 6.07) is 4.22. The molecule has 1 unspecified atom stereocenters. The zero-order valence-electron chi connectivity index (χ0n) is 11.0. The first-order valence-electron chi connectivity index (χ1n) is 5.60. The van der Waals surface area contributed by atoms with E-state index in [2.05, 4.69) is 5.32 Å². The van der Waals surface area contributed by atoms with Crippen molar-refractivity contribution in [1.82, 2.24) is 5.32 Å². The molecule has 1 aromatic rings. The predicted molar refractivity (Wildman–Crippen MR) is 68.4 cm³/mol. The van der Waals surface area contributed by atoms with Gasteiger partial charge in [-0.2, -0.15) is 0 Å². The van der Waals surface area contributed by atoms with Gasteiger partial charge in [0.25, 0.3) is 5.69 Å². The van der Waals surface area contributed by atoms with Crippen LogP contribution in [0.5, 0.6) is 5.75 Å². The molecule has 1 aromatic carbocycles. The summed E-state index contributed by atoms with van der Waals surface area (Å²) in [4.78, 5) is 21.2.